The van der Waals surface area contributed by atoms with Crippen molar-refractivity contribution in [3.63, 3.8) is 0 Å². The normalized spacial score (nSPS) is 30.2. The van der Waals surface area contributed by atoms with Crippen molar-refractivity contribution in [3.05, 3.63) is 5.01 Å². The number of nitrogens with one attached hydrogen (secondary N) is 1. The SMILES string of the molecule is CNC(=O)[C@H]1C[C@@H]2CCN(c3nnc(C)s3)C[C@H]2O1. The first-order chi connectivity index (χ1) is 9.17. The van der Waals surface area contributed by atoms with Crippen molar-refractivity contribution in [1.82, 2.24) is 15.5 Å². The maximum atomic E-state index is 11.6. The zero-order valence-electron chi connectivity index (χ0n) is 11.1. The van der Waals surface area contributed by atoms with Gasteiger partial charge in [-0.2, -0.15) is 0 Å². The van der Waals surface area contributed by atoms with Crippen LogP contribution in [-0.4, -0.2) is 48.4 Å². The number of rotatable bonds is 2. The molecule has 0 saturated carbocycles. The predicted molar refractivity (Wildman–Crippen MR) is 72.3 cm³/mol. The van der Waals surface area contributed by atoms with E-state index in [2.05, 4.69) is 20.4 Å². The molecule has 19 heavy (non-hydrogen) atoms. The monoisotopic (exact) mass is 282 g/mol. The summed E-state index contributed by atoms with van der Waals surface area (Å²) in [5.41, 5.74) is 0. The molecule has 0 unspecified atom stereocenters. The van der Waals surface area contributed by atoms with E-state index in [9.17, 15) is 4.79 Å². The van der Waals surface area contributed by atoms with Crippen molar-refractivity contribution >= 4 is 22.4 Å². The van der Waals surface area contributed by atoms with Gasteiger partial charge in [0.2, 0.25) is 11.0 Å². The third kappa shape index (κ3) is 2.44. The summed E-state index contributed by atoms with van der Waals surface area (Å²) in [6.45, 7) is 3.74. The summed E-state index contributed by atoms with van der Waals surface area (Å²) in [6, 6.07) is 0. The number of carbonyl (C=O) groups is 1. The number of ether oxygens (including phenoxy) is 1. The Morgan fingerprint density at radius 2 is 2.37 bits per heavy atom. The Balaban J connectivity index is 1.66. The molecule has 2 aliphatic rings. The topological polar surface area (TPSA) is 67.4 Å². The van der Waals surface area contributed by atoms with E-state index >= 15 is 0 Å². The minimum Gasteiger partial charge on any atom is -0.363 e. The lowest BCUT2D eigenvalue weighted by molar-refractivity contribution is -0.131. The van der Waals surface area contributed by atoms with Crippen molar-refractivity contribution in [2.24, 2.45) is 5.92 Å². The number of aryl methyl sites for hydroxylation is 1. The van der Waals surface area contributed by atoms with E-state index in [1.807, 2.05) is 6.92 Å². The summed E-state index contributed by atoms with van der Waals surface area (Å²) in [6.07, 6.45) is 1.75. The number of piperidine rings is 1. The van der Waals surface area contributed by atoms with E-state index in [4.69, 9.17) is 4.74 Å². The second-order valence-electron chi connectivity index (χ2n) is 5.11. The van der Waals surface area contributed by atoms with Crippen LogP contribution in [0, 0.1) is 12.8 Å². The van der Waals surface area contributed by atoms with E-state index in [-0.39, 0.29) is 18.1 Å². The second kappa shape index (κ2) is 5.05. The lowest BCUT2D eigenvalue weighted by Crippen LogP contribution is -2.42. The number of hydrogen-bond donors (Lipinski definition) is 1. The maximum Gasteiger partial charge on any atom is 0.248 e. The largest absolute Gasteiger partial charge is 0.363 e. The molecule has 1 N–H and O–H groups in total. The highest BCUT2D eigenvalue weighted by Crippen LogP contribution is 2.35. The van der Waals surface area contributed by atoms with E-state index in [0.717, 1.165) is 36.1 Å². The summed E-state index contributed by atoms with van der Waals surface area (Å²) < 4.78 is 5.88. The number of anilines is 1. The van der Waals surface area contributed by atoms with Crippen molar-refractivity contribution in [2.45, 2.75) is 32.0 Å². The molecule has 3 rings (SSSR count). The smallest absolute Gasteiger partial charge is 0.248 e. The first-order valence-electron chi connectivity index (χ1n) is 6.59. The highest BCUT2D eigenvalue weighted by Gasteiger charge is 2.42. The molecule has 2 fully saturated rings. The van der Waals surface area contributed by atoms with E-state index in [1.54, 1.807) is 18.4 Å². The molecule has 0 aromatic carbocycles. The van der Waals surface area contributed by atoms with Crippen LogP contribution in [-0.2, 0) is 9.53 Å². The Morgan fingerprint density at radius 1 is 1.53 bits per heavy atom. The molecule has 0 bridgehead atoms. The molecule has 3 heterocycles. The van der Waals surface area contributed by atoms with Gasteiger partial charge in [0.15, 0.2) is 0 Å². The molecular formula is C12H18N4O2S. The Hall–Kier alpha value is -1.21. The quantitative estimate of drug-likeness (QED) is 0.859. The van der Waals surface area contributed by atoms with Gasteiger partial charge in [0.05, 0.1) is 6.10 Å². The highest BCUT2D eigenvalue weighted by molar-refractivity contribution is 7.15. The third-order valence-electron chi connectivity index (χ3n) is 3.88. The lowest BCUT2D eigenvalue weighted by Gasteiger charge is -2.33. The van der Waals surface area contributed by atoms with Crippen LogP contribution < -0.4 is 10.2 Å². The summed E-state index contributed by atoms with van der Waals surface area (Å²) in [5, 5.41) is 12.8. The minimum atomic E-state index is -0.281. The lowest BCUT2D eigenvalue weighted by atomic mass is 9.92. The second-order valence-corrected chi connectivity index (χ2v) is 6.27. The van der Waals surface area contributed by atoms with Gasteiger partial charge in [-0.05, 0) is 25.7 Å². The fraction of sp³-hybridized carbons (Fsp3) is 0.750. The number of nitrogens with zero attached hydrogens (tertiary/aromatic N) is 3. The molecule has 0 spiro atoms. The van der Waals surface area contributed by atoms with E-state index in [0.29, 0.717) is 5.92 Å². The maximum absolute atomic E-state index is 11.6. The molecule has 0 aliphatic carbocycles. The van der Waals surface area contributed by atoms with Gasteiger partial charge in [0.25, 0.3) is 0 Å². The van der Waals surface area contributed by atoms with Gasteiger partial charge in [0.1, 0.15) is 11.1 Å². The van der Waals surface area contributed by atoms with Gasteiger partial charge in [-0.3, -0.25) is 4.79 Å². The summed E-state index contributed by atoms with van der Waals surface area (Å²) in [7, 11) is 1.66. The Bertz CT molecular complexity index is 478. The van der Waals surface area contributed by atoms with Gasteiger partial charge in [-0.1, -0.05) is 11.3 Å². The number of fused-ring (bicyclic) bond motifs is 1. The molecular weight excluding hydrogens is 264 g/mol. The number of amides is 1. The average molecular weight is 282 g/mol. The van der Waals surface area contributed by atoms with Gasteiger partial charge in [0, 0.05) is 20.1 Å². The number of likely N-dealkylation sites (N-methyl/N-ethyl adjacent to an activating group) is 1. The average Bonchev–Trinajstić information content (AvgIpc) is 3.02. The van der Waals surface area contributed by atoms with Gasteiger partial charge in [-0.15, -0.1) is 10.2 Å². The van der Waals surface area contributed by atoms with Crippen molar-refractivity contribution < 1.29 is 9.53 Å². The first-order valence-corrected chi connectivity index (χ1v) is 7.41. The summed E-state index contributed by atoms with van der Waals surface area (Å²) in [4.78, 5) is 13.9. The highest BCUT2D eigenvalue weighted by atomic mass is 32.1. The fourth-order valence-corrected chi connectivity index (χ4v) is 3.57. The van der Waals surface area contributed by atoms with Crippen LogP contribution in [0.5, 0.6) is 0 Å². The van der Waals surface area contributed by atoms with Crippen molar-refractivity contribution in [2.75, 3.05) is 25.0 Å². The van der Waals surface area contributed by atoms with Crippen LogP contribution >= 0.6 is 11.3 Å². The van der Waals surface area contributed by atoms with Crippen LogP contribution in [0.25, 0.3) is 0 Å². The van der Waals surface area contributed by atoms with Crippen LogP contribution in [0.15, 0.2) is 0 Å². The van der Waals surface area contributed by atoms with E-state index < -0.39 is 0 Å². The Kier molecular flexibility index (Phi) is 3.40. The van der Waals surface area contributed by atoms with Crippen LogP contribution in [0.4, 0.5) is 5.13 Å². The molecule has 2 saturated heterocycles. The molecule has 1 aromatic heterocycles. The first kappa shape index (κ1) is 12.8. The summed E-state index contributed by atoms with van der Waals surface area (Å²) >= 11 is 1.61. The van der Waals surface area contributed by atoms with Gasteiger partial charge >= 0.3 is 0 Å². The molecule has 104 valence electrons. The Labute approximate surface area is 116 Å². The fourth-order valence-electron chi connectivity index (χ4n) is 2.85. The molecule has 3 atom stereocenters. The number of hydrogen-bond acceptors (Lipinski definition) is 6. The molecule has 0 radical (unpaired) electrons. The molecule has 6 nitrogen and oxygen atoms in total. The molecule has 1 amide bonds. The number of carbonyl (C=O) groups excluding carboxylic acids is 1. The van der Waals surface area contributed by atoms with Crippen molar-refractivity contribution in [3.8, 4) is 0 Å². The van der Waals surface area contributed by atoms with Crippen LogP contribution in [0.1, 0.15) is 17.8 Å². The number of aromatic nitrogens is 2. The van der Waals surface area contributed by atoms with Crippen molar-refractivity contribution in [1.29, 1.82) is 0 Å². The predicted octanol–water partition coefficient (Wildman–Crippen LogP) is 0.576. The molecule has 1 aromatic rings. The zero-order valence-corrected chi connectivity index (χ0v) is 11.9. The summed E-state index contributed by atoms with van der Waals surface area (Å²) in [5.74, 6) is 0.486. The van der Waals surface area contributed by atoms with Crippen LogP contribution in [0.2, 0.25) is 0 Å². The van der Waals surface area contributed by atoms with Gasteiger partial charge < -0.3 is 15.0 Å². The van der Waals surface area contributed by atoms with E-state index in [1.165, 1.54) is 0 Å². The standard InChI is InChI=1S/C12H18N4O2S/c1-7-14-15-12(19-7)16-4-3-8-5-9(11(17)13-2)18-10(8)6-16/h8-10H,3-6H2,1-2H3,(H,13,17)/t8-,9+,10+/m0/s1. The third-order valence-corrected chi connectivity index (χ3v) is 4.78. The Morgan fingerprint density at radius 3 is 3.05 bits per heavy atom. The minimum absolute atomic E-state index is 0.00675. The molecule has 2 aliphatic heterocycles. The van der Waals surface area contributed by atoms with Crippen LogP contribution in [0.3, 0.4) is 0 Å². The zero-order chi connectivity index (χ0) is 13.4. The van der Waals surface area contributed by atoms with Gasteiger partial charge in [-0.25, -0.2) is 0 Å². The molecule has 7 heteroatoms.